The first-order valence-electron chi connectivity index (χ1n) is 9.54. The van der Waals surface area contributed by atoms with Gasteiger partial charge < -0.3 is 15.0 Å². The molecule has 1 aliphatic rings. The molecule has 0 saturated carbocycles. The lowest BCUT2D eigenvalue weighted by atomic mass is 9.81. The van der Waals surface area contributed by atoms with Crippen LogP contribution in [0.5, 0.6) is 0 Å². The Bertz CT molecular complexity index is 931. The molecule has 2 aromatic rings. The van der Waals surface area contributed by atoms with Gasteiger partial charge in [-0.25, -0.2) is 0 Å². The molecule has 1 aromatic heterocycles. The van der Waals surface area contributed by atoms with Gasteiger partial charge in [-0.3, -0.25) is 9.59 Å². The number of aryl methyl sites for hydroxylation is 1. The van der Waals surface area contributed by atoms with E-state index in [1.807, 2.05) is 52.0 Å². The van der Waals surface area contributed by atoms with Gasteiger partial charge in [-0.15, -0.1) is 0 Å². The Morgan fingerprint density at radius 1 is 1.26 bits per heavy atom. The second-order valence-electron chi connectivity index (χ2n) is 8.31. The first-order chi connectivity index (χ1) is 12.7. The zero-order chi connectivity index (χ0) is 19.9. The number of hydrogen-bond acceptors (Lipinski definition) is 3. The minimum Gasteiger partial charge on any atom is -0.503 e. The summed E-state index contributed by atoms with van der Waals surface area (Å²) in [5.74, 6) is -1.05. The standard InChI is InChI=1S/C22H28N2O3/c1-6-7-12-24-18(16-13(2)23-15-11-9-8-10-14(15)16)17(19(25)21(24)27)20(26)22(3,4)5/h8-11,18,23,25H,6-7,12H2,1-5H3. The molecule has 0 bridgehead atoms. The van der Waals surface area contributed by atoms with E-state index in [4.69, 9.17) is 0 Å². The molecule has 27 heavy (non-hydrogen) atoms. The van der Waals surface area contributed by atoms with Crippen molar-refractivity contribution >= 4 is 22.6 Å². The fourth-order valence-corrected chi connectivity index (χ4v) is 3.80. The second kappa shape index (κ2) is 6.87. The number of nitrogens with one attached hydrogen (secondary N) is 1. The maximum absolute atomic E-state index is 13.2. The van der Waals surface area contributed by atoms with Gasteiger partial charge in [0.15, 0.2) is 11.5 Å². The summed E-state index contributed by atoms with van der Waals surface area (Å²) in [6, 6.07) is 7.30. The van der Waals surface area contributed by atoms with Gasteiger partial charge in [0.2, 0.25) is 0 Å². The molecule has 3 rings (SSSR count). The molecule has 0 fully saturated rings. The monoisotopic (exact) mass is 368 g/mol. The van der Waals surface area contributed by atoms with Gasteiger partial charge in [-0.2, -0.15) is 0 Å². The molecule has 1 aromatic carbocycles. The number of amides is 1. The highest BCUT2D eigenvalue weighted by atomic mass is 16.3. The number of ketones is 1. The molecule has 1 atom stereocenters. The van der Waals surface area contributed by atoms with Gasteiger partial charge in [-0.05, 0) is 19.4 Å². The predicted octanol–water partition coefficient (Wildman–Crippen LogP) is 4.59. The van der Waals surface area contributed by atoms with Gasteiger partial charge in [0, 0.05) is 34.1 Å². The number of aromatic nitrogens is 1. The quantitative estimate of drug-likeness (QED) is 0.811. The number of fused-ring (bicyclic) bond motifs is 1. The van der Waals surface area contributed by atoms with Crippen molar-refractivity contribution in [2.24, 2.45) is 5.41 Å². The zero-order valence-electron chi connectivity index (χ0n) is 16.7. The molecule has 0 saturated heterocycles. The molecule has 1 unspecified atom stereocenters. The van der Waals surface area contributed by atoms with Crippen molar-refractivity contribution in [2.45, 2.75) is 53.5 Å². The number of hydrogen-bond donors (Lipinski definition) is 2. The maximum atomic E-state index is 13.2. The van der Waals surface area contributed by atoms with Crippen molar-refractivity contribution in [1.82, 2.24) is 9.88 Å². The predicted molar refractivity (Wildman–Crippen MR) is 107 cm³/mol. The average Bonchev–Trinajstić information content (AvgIpc) is 3.05. The van der Waals surface area contributed by atoms with Crippen LogP contribution in [0.4, 0.5) is 0 Å². The molecule has 0 spiro atoms. The summed E-state index contributed by atoms with van der Waals surface area (Å²) >= 11 is 0. The fraction of sp³-hybridized carbons (Fsp3) is 0.455. The molecule has 1 amide bonds. The van der Waals surface area contributed by atoms with E-state index < -0.39 is 23.1 Å². The molecule has 0 radical (unpaired) electrons. The minimum atomic E-state index is -0.692. The van der Waals surface area contributed by atoms with Crippen LogP contribution >= 0.6 is 0 Å². The Morgan fingerprint density at radius 2 is 1.93 bits per heavy atom. The maximum Gasteiger partial charge on any atom is 0.290 e. The molecule has 5 heteroatoms. The number of H-pyrrole nitrogens is 1. The first-order valence-corrected chi connectivity index (χ1v) is 9.54. The normalized spacial score (nSPS) is 18.0. The van der Waals surface area contributed by atoms with E-state index in [1.165, 1.54) is 0 Å². The van der Waals surface area contributed by atoms with Crippen LogP contribution in [0.15, 0.2) is 35.6 Å². The van der Waals surface area contributed by atoms with Gasteiger partial charge >= 0.3 is 0 Å². The lowest BCUT2D eigenvalue weighted by Gasteiger charge is -2.29. The number of carbonyl (C=O) groups is 2. The summed E-state index contributed by atoms with van der Waals surface area (Å²) in [5, 5.41) is 11.6. The summed E-state index contributed by atoms with van der Waals surface area (Å²) in [5.41, 5.74) is 2.29. The third-order valence-electron chi connectivity index (χ3n) is 5.20. The van der Waals surface area contributed by atoms with Crippen molar-refractivity contribution in [3.63, 3.8) is 0 Å². The number of para-hydroxylation sites is 1. The molecule has 144 valence electrons. The Balaban J connectivity index is 2.23. The molecule has 2 heterocycles. The van der Waals surface area contributed by atoms with Crippen molar-refractivity contribution in [2.75, 3.05) is 6.54 Å². The summed E-state index contributed by atoms with van der Waals surface area (Å²) < 4.78 is 0. The Morgan fingerprint density at radius 3 is 2.56 bits per heavy atom. The number of Topliss-reactive ketones (excluding diaryl/α,β-unsaturated/α-hetero) is 1. The van der Waals surface area contributed by atoms with Crippen LogP contribution in [-0.2, 0) is 9.59 Å². The van der Waals surface area contributed by atoms with Crippen LogP contribution in [0.25, 0.3) is 10.9 Å². The summed E-state index contributed by atoms with van der Waals surface area (Å²) in [6.07, 6.45) is 1.74. The van der Waals surface area contributed by atoms with Gasteiger partial charge in [0.05, 0.1) is 11.6 Å². The first kappa shape index (κ1) is 19.2. The topological polar surface area (TPSA) is 73.4 Å². The highest BCUT2D eigenvalue weighted by Crippen LogP contribution is 2.44. The van der Waals surface area contributed by atoms with Crippen LogP contribution in [0, 0.1) is 12.3 Å². The van der Waals surface area contributed by atoms with Crippen LogP contribution in [0.3, 0.4) is 0 Å². The van der Waals surface area contributed by atoms with Crippen molar-refractivity contribution < 1.29 is 14.7 Å². The zero-order valence-corrected chi connectivity index (χ0v) is 16.7. The van der Waals surface area contributed by atoms with Gasteiger partial charge in [-0.1, -0.05) is 52.3 Å². The van der Waals surface area contributed by atoms with E-state index in [-0.39, 0.29) is 11.4 Å². The Hall–Kier alpha value is -2.56. The van der Waals surface area contributed by atoms with Gasteiger partial charge in [0.1, 0.15) is 0 Å². The van der Waals surface area contributed by atoms with E-state index in [1.54, 1.807) is 4.90 Å². The highest BCUT2D eigenvalue weighted by Gasteiger charge is 2.46. The SMILES string of the molecule is CCCCN1C(=O)C(O)=C(C(=O)C(C)(C)C)C1c1c(C)[nH]c2ccccc12. The molecule has 1 aliphatic heterocycles. The molecule has 0 aliphatic carbocycles. The van der Waals surface area contributed by atoms with Crippen LogP contribution in [0.2, 0.25) is 0 Å². The summed E-state index contributed by atoms with van der Waals surface area (Å²) in [7, 11) is 0. The number of carbonyl (C=O) groups excluding carboxylic acids is 2. The number of aromatic amines is 1. The van der Waals surface area contributed by atoms with Crippen LogP contribution in [-0.4, -0.2) is 33.2 Å². The lowest BCUT2D eigenvalue weighted by molar-refractivity contribution is -0.129. The smallest absolute Gasteiger partial charge is 0.290 e. The Kier molecular flexibility index (Phi) is 4.89. The van der Waals surface area contributed by atoms with Crippen molar-refractivity contribution in [3.8, 4) is 0 Å². The van der Waals surface area contributed by atoms with E-state index >= 15 is 0 Å². The van der Waals surface area contributed by atoms with Crippen molar-refractivity contribution in [3.05, 3.63) is 46.9 Å². The van der Waals surface area contributed by atoms with E-state index in [9.17, 15) is 14.7 Å². The second-order valence-corrected chi connectivity index (χ2v) is 8.31. The molecule has 2 N–H and O–H groups in total. The molecular weight excluding hydrogens is 340 g/mol. The summed E-state index contributed by atoms with van der Waals surface area (Å²) in [6.45, 7) is 9.95. The number of nitrogens with zero attached hydrogens (tertiary/aromatic N) is 1. The van der Waals surface area contributed by atoms with Crippen LogP contribution in [0.1, 0.15) is 57.8 Å². The number of aliphatic hydroxyl groups excluding tert-OH is 1. The third-order valence-corrected chi connectivity index (χ3v) is 5.20. The van der Waals surface area contributed by atoms with Crippen LogP contribution < -0.4 is 0 Å². The van der Waals surface area contributed by atoms with E-state index in [0.29, 0.717) is 6.54 Å². The number of aliphatic hydroxyl groups is 1. The van der Waals surface area contributed by atoms with Gasteiger partial charge in [0.25, 0.3) is 5.91 Å². The number of rotatable bonds is 5. The highest BCUT2D eigenvalue weighted by molar-refractivity contribution is 6.11. The average molecular weight is 368 g/mol. The minimum absolute atomic E-state index is 0.193. The fourth-order valence-electron chi connectivity index (χ4n) is 3.80. The van der Waals surface area contributed by atoms with E-state index in [0.717, 1.165) is 35.0 Å². The summed E-state index contributed by atoms with van der Waals surface area (Å²) in [4.78, 5) is 31.1. The number of benzene rings is 1. The Labute approximate surface area is 160 Å². The third kappa shape index (κ3) is 3.15. The molecule has 5 nitrogen and oxygen atoms in total. The van der Waals surface area contributed by atoms with Crippen molar-refractivity contribution in [1.29, 1.82) is 0 Å². The largest absolute Gasteiger partial charge is 0.503 e. The number of unbranched alkanes of at least 4 members (excludes halogenated alkanes) is 1. The lowest BCUT2D eigenvalue weighted by Crippen LogP contribution is -2.33. The molecular formula is C22H28N2O3. The van der Waals surface area contributed by atoms with E-state index in [2.05, 4.69) is 11.9 Å².